The molecular formula is C16H16IN. The lowest BCUT2D eigenvalue weighted by Crippen LogP contribution is -2.00. The Morgan fingerprint density at radius 1 is 1.06 bits per heavy atom. The summed E-state index contributed by atoms with van der Waals surface area (Å²) >= 11 is 2.36. The topological polar surface area (TPSA) is 12.0 Å². The monoisotopic (exact) mass is 349 g/mol. The number of hydrogen-bond donors (Lipinski definition) is 1. The van der Waals surface area contributed by atoms with E-state index in [2.05, 4.69) is 89.4 Å². The Kier molecular flexibility index (Phi) is 4.81. The summed E-state index contributed by atoms with van der Waals surface area (Å²) in [6, 6.07) is 16.7. The standard InChI is InChI=1S/C16H16IN/c1-13-15(17)10-5-11-16(13)18-12-6-9-14-7-3-2-4-8-14/h2-11,18H,12H2,1H3/b9-6+. The van der Waals surface area contributed by atoms with E-state index in [0.717, 1.165) is 6.54 Å². The lowest BCUT2D eigenvalue weighted by Gasteiger charge is -2.08. The van der Waals surface area contributed by atoms with Crippen LogP contribution in [-0.4, -0.2) is 6.54 Å². The first-order valence-corrected chi connectivity index (χ1v) is 7.06. The van der Waals surface area contributed by atoms with Crippen LogP contribution in [-0.2, 0) is 0 Å². The molecule has 1 nitrogen and oxygen atoms in total. The summed E-state index contributed by atoms with van der Waals surface area (Å²) in [6.07, 6.45) is 4.28. The first-order chi connectivity index (χ1) is 8.77. The van der Waals surface area contributed by atoms with Gasteiger partial charge in [-0.3, -0.25) is 0 Å². The highest BCUT2D eigenvalue weighted by Crippen LogP contribution is 2.19. The van der Waals surface area contributed by atoms with Crippen LogP contribution in [0.3, 0.4) is 0 Å². The highest BCUT2D eigenvalue weighted by atomic mass is 127. The Balaban J connectivity index is 1.93. The number of hydrogen-bond acceptors (Lipinski definition) is 1. The molecule has 2 rings (SSSR count). The molecule has 2 heteroatoms. The molecule has 0 aliphatic heterocycles. The van der Waals surface area contributed by atoms with Gasteiger partial charge in [0.05, 0.1) is 0 Å². The average molecular weight is 349 g/mol. The molecule has 0 aliphatic rings. The summed E-state index contributed by atoms with van der Waals surface area (Å²) in [5, 5.41) is 3.43. The first kappa shape index (κ1) is 13.1. The fourth-order valence-corrected chi connectivity index (χ4v) is 2.23. The minimum Gasteiger partial charge on any atom is -0.381 e. The number of halogens is 1. The molecule has 0 heterocycles. The van der Waals surface area contributed by atoms with Gasteiger partial charge in [0.1, 0.15) is 0 Å². The van der Waals surface area contributed by atoms with Crippen molar-refractivity contribution in [2.75, 3.05) is 11.9 Å². The smallest absolute Gasteiger partial charge is 0.0382 e. The van der Waals surface area contributed by atoms with Crippen LogP contribution in [0.1, 0.15) is 11.1 Å². The van der Waals surface area contributed by atoms with Gasteiger partial charge in [0.15, 0.2) is 0 Å². The van der Waals surface area contributed by atoms with Gasteiger partial charge in [-0.25, -0.2) is 0 Å². The normalized spacial score (nSPS) is 10.8. The van der Waals surface area contributed by atoms with Crippen molar-refractivity contribution in [1.29, 1.82) is 0 Å². The summed E-state index contributed by atoms with van der Waals surface area (Å²) in [4.78, 5) is 0. The van der Waals surface area contributed by atoms with Gasteiger partial charge in [0, 0.05) is 15.8 Å². The number of anilines is 1. The summed E-state index contributed by atoms with van der Waals surface area (Å²) in [5.41, 5.74) is 3.75. The van der Waals surface area contributed by atoms with Crippen LogP contribution in [0, 0.1) is 10.5 Å². The van der Waals surface area contributed by atoms with Crippen molar-refractivity contribution < 1.29 is 0 Å². The van der Waals surface area contributed by atoms with Gasteiger partial charge in [0.25, 0.3) is 0 Å². The predicted octanol–water partition coefficient (Wildman–Crippen LogP) is 4.72. The largest absolute Gasteiger partial charge is 0.381 e. The molecule has 0 aromatic heterocycles. The minimum absolute atomic E-state index is 0.843. The van der Waals surface area contributed by atoms with E-state index >= 15 is 0 Å². The second-order valence-electron chi connectivity index (χ2n) is 4.11. The predicted molar refractivity (Wildman–Crippen MR) is 87.9 cm³/mol. The Bertz CT molecular complexity index is 532. The third kappa shape index (κ3) is 3.60. The van der Waals surface area contributed by atoms with E-state index in [-0.39, 0.29) is 0 Å². The molecule has 0 atom stereocenters. The quantitative estimate of drug-likeness (QED) is 0.788. The van der Waals surface area contributed by atoms with Gasteiger partial charge in [-0.05, 0) is 52.8 Å². The Hall–Kier alpha value is -1.29. The average Bonchev–Trinajstić information content (AvgIpc) is 2.40. The van der Waals surface area contributed by atoms with Crippen molar-refractivity contribution in [3.63, 3.8) is 0 Å². The van der Waals surface area contributed by atoms with Crippen molar-refractivity contribution in [3.05, 3.63) is 69.3 Å². The Labute approximate surface area is 122 Å². The van der Waals surface area contributed by atoms with Crippen molar-refractivity contribution >= 4 is 34.4 Å². The second-order valence-corrected chi connectivity index (χ2v) is 5.27. The van der Waals surface area contributed by atoms with E-state index in [9.17, 15) is 0 Å². The molecule has 18 heavy (non-hydrogen) atoms. The second kappa shape index (κ2) is 6.59. The third-order valence-electron chi connectivity index (χ3n) is 2.79. The van der Waals surface area contributed by atoms with Gasteiger partial charge in [-0.15, -0.1) is 0 Å². The molecule has 0 spiro atoms. The summed E-state index contributed by atoms with van der Waals surface area (Å²) < 4.78 is 1.30. The zero-order valence-electron chi connectivity index (χ0n) is 10.4. The number of nitrogens with one attached hydrogen (secondary N) is 1. The van der Waals surface area contributed by atoms with Gasteiger partial charge in [-0.1, -0.05) is 48.6 Å². The molecule has 92 valence electrons. The highest BCUT2D eigenvalue weighted by Gasteiger charge is 1.98. The molecular weight excluding hydrogens is 333 g/mol. The van der Waals surface area contributed by atoms with Gasteiger partial charge in [0.2, 0.25) is 0 Å². The van der Waals surface area contributed by atoms with Crippen LogP contribution in [0.25, 0.3) is 6.08 Å². The van der Waals surface area contributed by atoms with Crippen LogP contribution in [0.5, 0.6) is 0 Å². The zero-order chi connectivity index (χ0) is 12.8. The first-order valence-electron chi connectivity index (χ1n) is 5.98. The van der Waals surface area contributed by atoms with E-state index in [1.165, 1.54) is 20.4 Å². The summed E-state index contributed by atoms with van der Waals surface area (Å²) in [7, 11) is 0. The fourth-order valence-electron chi connectivity index (χ4n) is 1.73. The van der Waals surface area contributed by atoms with E-state index in [0.29, 0.717) is 0 Å². The Morgan fingerprint density at radius 3 is 2.61 bits per heavy atom. The molecule has 0 bridgehead atoms. The molecule has 0 amide bonds. The molecule has 0 fully saturated rings. The maximum atomic E-state index is 3.43. The van der Waals surface area contributed by atoms with Crippen LogP contribution in [0.2, 0.25) is 0 Å². The summed E-state index contributed by atoms with van der Waals surface area (Å²) in [6.45, 7) is 2.99. The van der Waals surface area contributed by atoms with Crippen LogP contribution < -0.4 is 5.32 Å². The van der Waals surface area contributed by atoms with E-state index in [1.54, 1.807) is 0 Å². The number of rotatable bonds is 4. The third-order valence-corrected chi connectivity index (χ3v) is 3.96. The summed E-state index contributed by atoms with van der Waals surface area (Å²) in [5.74, 6) is 0. The molecule has 0 saturated carbocycles. The highest BCUT2D eigenvalue weighted by molar-refractivity contribution is 14.1. The SMILES string of the molecule is Cc1c(I)cccc1NC/C=C/c1ccccc1. The van der Waals surface area contributed by atoms with Crippen molar-refractivity contribution in [2.45, 2.75) is 6.92 Å². The molecule has 2 aromatic rings. The van der Waals surface area contributed by atoms with Crippen molar-refractivity contribution in [2.24, 2.45) is 0 Å². The fraction of sp³-hybridized carbons (Fsp3) is 0.125. The molecule has 0 radical (unpaired) electrons. The van der Waals surface area contributed by atoms with E-state index in [4.69, 9.17) is 0 Å². The minimum atomic E-state index is 0.843. The van der Waals surface area contributed by atoms with Gasteiger partial charge >= 0.3 is 0 Å². The van der Waals surface area contributed by atoms with Crippen molar-refractivity contribution in [3.8, 4) is 0 Å². The maximum Gasteiger partial charge on any atom is 0.0382 e. The maximum absolute atomic E-state index is 3.43. The Morgan fingerprint density at radius 2 is 1.83 bits per heavy atom. The van der Waals surface area contributed by atoms with Crippen LogP contribution in [0.4, 0.5) is 5.69 Å². The molecule has 0 aliphatic carbocycles. The van der Waals surface area contributed by atoms with E-state index < -0.39 is 0 Å². The lowest BCUT2D eigenvalue weighted by atomic mass is 10.2. The van der Waals surface area contributed by atoms with E-state index in [1.807, 2.05) is 6.07 Å². The zero-order valence-corrected chi connectivity index (χ0v) is 12.5. The molecule has 2 aromatic carbocycles. The van der Waals surface area contributed by atoms with Crippen molar-refractivity contribution in [1.82, 2.24) is 0 Å². The lowest BCUT2D eigenvalue weighted by molar-refractivity contribution is 1.29. The van der Waals surface area contributed by atoms with Crippen LogP contribution in [0.15, 0.2) is 54.6 Å². The van der Waals surface area contributed by atoms with Gasteiger partial charge in [-0.2, -0.15) is 0 Å². The molecule has 1 N–H and O–H groups in total. The van der Waals surface area contributed by atoms with Crippen LogP contribution >= 0.6 is 22.6 Å². The molecule has 0 unspecified atom stereocenters. The van der Waals surface area contributed by atoms with Gasteiger partial charge < -0.3 is 5.32 Å². The number of benzene rings is 2. The molecule has 0 saturated heterocycles.